The summed E-state index contributed by atoms with van der Waals surface area (Å²) in [6.45, 7) is -0.0752. The Balaban J connectivity index is 1.74. The van der Waals surface area contributed by atoms with Gasteiger partial charge in [0.05, 0.1) is 22.1 Å². The molecular formula is C24H20FNO4S2. The maximum absolute atomic E-state index is 13.2. The third kappa shape index (κ3) is 4.57. The normalized spacial score (nSPS) is 11.6. The summed E-state index contributed by atoms with van der Waals surface area (Å²) in [6.07, 6.45) is 0. The molecule has 0 atom stereocenters. The highest BCUT2D eigenvalue weighted by atomic mass is 32.2. The van der Waals surface area contributed by atoms with E-state index in [1.165, 1.54) is 36.0 Å². The minimum absolute atomic E-state index is 0.0419. The first kappa shape index (κ1) is 22.1. The molecule has 0 amide bonds. The van der Waals surface area contributed by atoms with Gasteiger partial charge in [-0.05, 0) is 41.5 Å². The van der Waals surface area contributed by atoms with Crippen molar-refractivity contribution >= 4 is 38.2 Å². The topological polar surface area (TPSA) is 86.6 Å². The molecule has 4 aromatic rings. The Labute approximate surface area is 189 Å². The van der Waals surface area contributed by atoms with Gasteiger partial charge < -0.3 is 10.2 Å². The molecule has 0 aliphatic carbocycles. The van der Waals surface area contributed by atoms with E-state index in [1.54, 1.807) is 54.6 Å². The highest BCUT2D eigenvalue weighted by Crippen LogP contribution is 2.40. The van der Waals surface area contributed by atoms with Crippen LogP contribution in [0.4, 0.5) is 10.1 Å². The summed E-state index contributed by atoms with van der Waals surface area (Å²) in [7, 11) is -3.96. The number of aromatic hydroxyl groups is 1. The lowest BCUT2D eigenvalue weighted by Crippen LogP contribution is -2.13. The van der Waals surface area contributed by atoms with Crippen LogP contribution in [-0.4, -0.2) is 31.0 Å². The zero-order chi connectivity index (χ0) is 22.7. The van der Waals surface area contributed by atoms with E-state index >= 15 is 0 Å². The van der Waals surface area contributed by atoms with Crippen LogP contribution in [0.5, 0.6) is 5.75 Å². The highest BCUT2D eigenvalue weighted by Gasteiger charge is 2.19. The van der Waals surface area contributed by atoms with Crippen LogP contribution in [0.2, 0.25) is 0 Å². The second-order valence-corrected chi connectivity index (χ2v) is 9.85. The quantitative estimate of drug-likeness (QED) is 0.255. The van der Waals surface area contributed by atoms with Gasteiger partial charge in [0, 0.05) is 16.5 Å². The van der Waals surface area contributed by atoms with Gasteiger partial charge in [-0.2, -0.15) is 0 Å². The van der Waals surface area contributed by atoms with Gasteiger partial charge in [0.15, 0.2) is 0 Å². The van der Waals surface area contributed by atoms with Crippen molar-refractivity contribution in [3.8, 4) is 16.9 Å². The molecule has 0 saturated carbocycles. The van der Waals surface area contributed by atoms with E-state index in [2.05, 4.69) is 4.72 Å². The Kier molecular flexibility index (Phi) is 6.36. The molecule has 0 aromatic heterocycles. The summed E-state index contributed by atoms with van der Waals surface area (Å²) >= 11 is 1.23. The Hall–Kier alpha value is -3.07. The number of hydrogen-bond donors (Lipinski definition) is 3. The van der Waals surface area contributed by atoms with Crippen molar-refractivity contribution in [1.82, 2.24) is 0 Å². The number of halogens is 1. The lowest BCUT2D eigenvalue weighted by Gasteiger charge is -2.15. The van der Waals surface area contributed by atoms with Crippen LogP contribution < -0.4 is 4.72 Å². The fourth-order valence-electron chi connectivity index (χ4n) is 3.37. The first-order valence-electron chi connectivity index (χ1n) is 9.76. The predicted octanol–water partition coefficient (Wildman–Crippen LogP) is 5.24. The van der Waals surface area contributed by atoms with E-state index in [1.807, 2.05) is 0 Å². The van der Waals surface area contributed by atoms with Gasteiger partial charge >= 0.3 is 0 Å². The van der Waals surface area contributed by atoms with Crippen molar-refractivity contribution in [2.24, 2.45) is 0 Å². The predicted molar refractivity (Wildman–Crippen MR) is 126 cm³/mol. The Morgan fingerprint density at radius 1 is 0.875 bits per heavy atom. The van der Waals surface area contributed by atoms with Crippen molar-refractivity contribution in [3.05, 3.63) is 84.7 Å². The molecular weight excluding hydrogens is 449 g/mol. The van der Waals surface area contributed by atoms with Gasteiger partial charge in [-0.1, -0.05) is 48.5 Å². The van der Waals surface area contributed by atoms with Crippen LogP contribution in [0.15, 0.2) is 88.7 Å². The molecule has 0 aliphatic heterocycles. The molecule has 4 aromatic carbocycles. The van der Waals surface area contributed by atoms with Crippen LogP contribution in [0.25, 0.3) is 21.9 Å². The summed E-state index contributed by atoms with van der Waals surface area (Å²) in [4.78, 5) is 0.525. The molecule has 3 N–H and O–H groups in total. The lowest BCUT2D eigenvalue weighted by molar-refractivity contribution is 0.322. The molecule has 0 aliphatic rings. The van der Waals surface area contributed by atoms with E-state index in [-0.39, 0.29) is 23.1 Å². The number of fused-ring (bicyclic) bond motifs is 1. The van der Waals surface area contributed by atoms with E-state index < -0.39 is 10.0 Å². The highest BCUT2D eigenvalue weighted by molar-refractivity contribution is 7.99. The number of anilines is 1. The molecule has 164 valence electrons. The summed E-state index contributed by atoms with van der Waals surface area (Å²) < 4.78 is 42.3. The summed E-state index contributed by atoms with van der Waals surface area (Å²) in [5.74, 6) is 0.0335. The van der Waals surface area contributed by atoms with Crippen LogP contribution in [-0.2, 0) is 10.0 Å². The minimum atomic E-state index is -3.96. The molecule has 0 spiro atoms. The summed E-state index contributed by atoms with van der Waals surface area (Å²) in [5.41, 5.74) is 1.66. The molecule has 0 fully saturated rings. The van der Waals surface area contributed by atoms with Crippen molar-refractivity contribution < 1.29 is 23.0 Å². The van der Waals surface area contributed by atoms with Crippen molar-refractivity contribution in [3.63, 3.8) is 0 Å². The molecule has 5 nitrogen and oxygen atoms in total. The number of aliphatic hydroxyl groups is 1. The molecule has 0 saturated heterocycles. The van der Waals surface area contributed by atoms with Gasteiger partial charge in [0.1, 0.15) is 11.6 Å². The minimum Gasteiger partial charge on any atom is -0.506 e. The van der Waals surface area contributed by atoms with E-state index in [0.717, 1.165) is 0 Å². The van der Waals surface area contributed by atoms with Crippen LogP contribution in [0.1, 0.15) is 0 Å². The largest absolute Gasteiger partial charge is 0.506 e. The van der Waals surface area contributed by atoms with Crippen molar-refractivity contribution in [2.75, 3.05) is 17.1 Å². The van der Waals surface area contributed by atoms with Crippen molar-refractivity contribution in [2.45, 2.75) is 9.79 Å². The first-order chi connectivity index (χ1) is 15.4. The Morgan fingerprint density at radius 2 is 1.59 bits per heavy atom. The number of phenolic OH excluding ortho intramolecular Hbond substituents is 1. The van der Waals surface area contributed by atoms with Gasteiger partial charge in [0.25, 0.3) is 10.0 Å². The number of rotatable bonds is 7. The molecule has 32 heavy (non-hydrogen) atoms. The number of nitrogens with one attached hydrogen (secondary N) is 1. The SMILES string of the molecule is O=S(=O)(Nc1cc(SCCO)c(O)c2ccccc12)c1cccc(-c2ccc(F)cc2)c1. The smallest absolute Gasteiger partial charge is 0.261 e. The van der Waals surface area contributed by atoms with Crippen LogP contribution in [0, 0.1) is 5.82 Å². The van der Waals surface area contributed by atoms with E-state index in [4.69, 9.17) is 5.11 Å². The van der Waals surface area contributed by atoms with Gasteiger partial charge in [0.2, 0.25) is 0 Å². The third-order valence-electron chi connectivity index (χ3n) is 4.90. The van der Waals surface area contributed by atoms with Crippen molar-refractivity contribution in [1.29, 1.82) is 0 Å². The van der Waals surface area contributed by atoms with Gasteiger partial charge in [-0.25, -0.2) is 12.8 Å². The average Bonchev–Trinajstić information content (AvgIpc) is 2.80. The second-order valence-electron chi connectivity index (χ2n) is 7.03. The molecule has 0 radical (unpaired) electrons. The number of sulfonamides is 1. The van der Waals surface area contributed by atoms with E-state index in [9.17, 15) is 17.9 Å². The zero-order valence-corrected chi connectivity index (χ0v) is 18.5. The summed E-state index contributed by atoms with van der Waals surface area (Å²) in [5, 5.41) is 20.8. The number of phenols is 1. The monoisotopic (exact) mass is 469 g/mol. The fourth-order valence-corrected chi connectivity index (χ4v) is 5.25. The first-order valence-corrected chi connectivity index (χ1v) is 12.2. The van der Waals surface area contributed by atoms with Crippen LogP contribution >= 0.6 is 11.8 Å². The Bertz CT molecular complexity index is 1370. The molecule has 4 rings (SSSR count). The molecule has 0 bridgehead atoms. The number of hydrogen-bond acceptors (Lipinski definition) is 5. The van der Waals surface area contributed by atoms with Gasteiger partial charge in [-0.3, -0.25) is 4.72 Å². The molecule has 8 heteroatoms. The second kappa shape index (κ2) is 9.20. The van der Waals surface area contributed by atoms with Crippen LogP contribution in [0.3, 0.4) is 0 Å². The molecule has 0 heterocycles. The number of thioether (sulfide) groups is 1. The van der Waals surface area contributed by atoms with E-state index in [0.29, 0.717) is 38.2 Å². The molecule has 0 unspecified atom stereocenters. The fraction of sp³-hybridized carbons (Fsp3) is 0.0833. The standard InChI is InChI=1S/C24H20FNO4S2/c25-18-10-8-16(9-11-18)17-4-3-5-19(14-17)32(29,30)26-22-15-23(31-13-12-27)24(28)21-7-2-1-6-20(21)22/h1-11,14-15,26-28H,12-13H2. The lowest BCUT2D eigenvalue weighted by atomic mass is 10.1. The maximum atomic E-state index is 13.2. The average molecular weight is 470 g/mol. The maximum Gasteiger partial charge on any atom is 0.261 e. The zero-order valence-electron chi connectivity index (χ0n) is 16.8. The number of aliphatic hydroxyl groups excluding tert-OH is 1. The van der Waals surface area contributed by atoms with Gasteiger partial charge in [-0.15, -0.1) is 11.8 Å². The Morgan fingerprint density at radius 3 is 2.31 bits per heavy atom. The number of benzene rings is 4. The summed E-state index contributed by atoms with van der Waals surface area (Å²) in [6, 6.07) is 20.7. The third-order valence-corrected chi connectivity index (χ3v) is 7.27.